The SMILES string of the molecule is Cc1ccc(C)c(C/C=C/c2ccccc2Cl)c1. The number of allylic oxidation sites excluding steroid dienone is 1. The largest absolute Gasteiger partial charge is 0.0837 e. The molecule has 0 aliphatic rings. The lowest BCUT2D eigenvalue weighted by atomic mass is 10.0. The van der Waals surface area contributed by atoms with Crippen LogP contribution >= 0.6 is 11.6 Å². The van der Waals surface area contributed by atoms with Gasteiger partial charge in [0.1, 0.15) is 0 Å². The van der Waals surface area contributed by atoms with Crippen LogP contribution in [0, 0.1) is 13.8 Å². The summed E-state index contributed by atoms with van der Waals surface area (Å²) in [6.07, 6.45) is 5.20. The Bertz CT molecular complexity index is 568. The quantitative estimate of drug-likeness (QED) is 0.707. The minimum Gasteiger partial charge on any atom is -0.0837 e. The molecular weight excluding hydrogens is 240 g/mol. The predicted octanol–water partition coefficient (Wildman–Crippen LogP) is 5.21. The lowest BCUT2D eigenvalue weighted by Crippen LogP contribution is -1.88. The molecular formula is C17H17Cl. The molecule has 0 amide bonds. The van der Waals surface area contributed by atoms with Gasteiger partial charge in [-0.3, -0.25) is 0 Å². The first-order chi connectivity index (χ1) is 8.66. The van der Waals surface area contributed by atoms with Gasteiger partial charge in [-0.25, -0.2) is 0 Å². The maximum absolute atomic E-state index is 6.11. The van der Waals surface area contributed by atoms with Gasteiger partial charge in [-0.05, 0) is 43.0 Å². The molecule has 92 valence electrons. The summed E-state index contributed by atoms with van der Waals surface area (Å²) in [7, 11) is 0. The molecule has 0 nitrogen and oxygen atoms in total. The van der Waals surface area contributed by atoms with Crippen molar-refractivity contribution in [2.45, 2.75) is 20.3 Å². The Morgan fingerprint density at radius 2 is 1.83 bits per heavy atom. The zero-order valence-electron chi connectivity index (χ0n) is 10.8. The molecule has 0 unspecified atom stereocenters. The zero-order chi connectivity index (χ0) is 13.0. The van der Waals surface area contributed by atoms with Crippen LogP contribution in [0.1, 0.15) is 22.3 Å². The summed E-state index contributed by atoms with van der Waals surface area (Å²) in [5.41, 5.74) is 5.09. The fraction of sp³-hybridized carbons (Fsp3) is 0.176. The van der Waals surface area contributed by atoms with Crippen molar-refractivity contribution in [2.75, 3.05) is 0 Å². The highest BCUT2D eigenvalue weighted by molar-refractivity contribution is 6.32. The van der Waals surface area contributed by atoms with Gasteiger partial charge < -0.3 is 0 Å². The first kappa shape index (κ1) is 12.9. The van der Waals surface area contributed by atoms with Crippen molar-refractivity contribution in [3.63, 3.8) is 0 Å². The van der Waals surface area contributed by atoms with Crippen molar-refractivity contribution in [1.82, 2.24) is 0 Å². The van der Waals surface area contributed by atoms with E-state index in [-0.39, 0.29) is 0 Å². The van der Waals surface area contributed by atoms with Crippen LogP contribution in [0.4, 0.5) is 0 Å². The molecule has 2 rings (SSSR count). The predicted molar refractivity (Wildman–Crippen MR) is 80.1 cm³/mol. The second-order valence-electron chi connectivity index (χ2n) is 4.56. The fourth-order valence-electron chi connectivity index (χ4n) is 1.94. The Kier molecular flexibility index (Phi) is 4.22. The number of benzene rings is 2. The van der Waals surface area contributed by atoms with E-state index in [1.165, 1.54) is 16.7 Å². The third kappa shape index (κ3) is 3.24. The Morgan fingerprint density at radius 3 is 2.61 bits per heavy atom. The molecule has 0 radical (unpaired) electrons. The Balaban J connectivity index is 2.12. The van der Waals surface area contributed by atoms with Crippen molar-refractivity contribution < 1.29 is 0 Å². The molecule has 0 N–H and O–H groups in total. The van der Waals surface area contributed by atoms with Crippen LogP contribution in [0.25, 0.3) is 6.08 Å². The van der Waals surface area contributed by atoms with E-state index in [2.05, 4.69) is 44.2 Å². The smallest absolute Gasteiger partial charge is 0.0478 e. The summed E-state index contributed by atoms with van der Waals surface area (Å²) in [6, 6.07) is 14.5. The number of aryl methyl sites for hydroxylation is 2. The molecule has 18 heavy (non-hydrogen) atoms. The van der Waals surface area contributed by atoms with E-state index >= 15 is 0 Å². The first-order valence-corrected chi connectivity index (χ1v) is 6.52. The van der Waals surface area contributed by atoms with Crippen molar-refractivity contribution >= 4 is 17.7 Å². The molecule has 0 saturated carbocycles. The molecule has 0 aliphatic heterocycles. The van der Waals surface area contributed by atoms with Gasteiger partial charge >= 0.3 is 0 Å². The minimum absolute atomic E-state index is 0.801. The second kappa shape index (κ2) is 5.88. The maximum Gasteiger partial charge on any atom is 0.0478 e. The molecule has 0 aromatic heterocycles. The lowest BCUT2D eigenvalue weighted by molar-refractivity contribution is 1.20. The fourth-order valence-corrected chi connectivity index (χ4v) is 2.14. The summed E-state index contributed by atoms with van der Waals surface area (Å²) in [4.78, 5) is 0. The lowest BCUT2D eigenvalue weighted by Gasteiger charge is -2.04. The summed E-state index contributed by atoms with van der Waals surface area (Å²) in [5, 5.41) is 0.801. The summed E-state index contributed by atoms with van der Waals surface area (Å²) >= 11 is 6.11. The standard InChI is InChI=1S/C17H17Cl/c1-13-10-11-14(2)16(12-13)8-5-7-15-6-3-4-9-17(15)18/h3-7,9-12H,8H2,1-2H3/b7-5+. The molecule has 1 heteroatoms. The third-order valence-corrected chi connectivity index (χ3v) is 3.39. The van der Waals surface area contributed by atoms with Crippen LogP contribution in [-0.2, 0) is 6.42 Å². The van der Waals surface area contributed by atoms with E-state index in [1.54, 1.807) is 0 Å². The molecule has 0 fully saturated rings. The molecule has 0 heterocycles. The van der Waals surface area contributed by atoms with Gasteiger partial charge in [0.25, 0.3) is 0 Å². The molecule has 0 aliphatic carbocycles. The van der Waals surface area contributed by atoms with E-state index in [9.17, 15) is 0 Å². The zero-order valence-corrected chi connectivity index (χ0v) is 11.5. The molecule has 0 saturated heterocycles. The van der Waals surface area contributed by atoms with Crippen molar-refractivity contribution in [3.05, 3.63) is 75.8 Å². The highest BCUT2D eigenvalue weighted by Crippen LogP contribution is 2.17. The number of halogens is 1. The third-order valence-electron chi connectivity index (χ3n) is 3.05. The normalized spacial score (nSPS) is 11.1. The monoisotopic (exact) mass is 256 g/mol. The van der Waals surface area contributed by atoms with Gasteiger partial charge in [0.05, 0.1) is 0 Å². The average Bonchev–Trinajstić information content (AvgIpc) is 2.36. The molecule has 0 bridgehead atoms. The maximum atomic E-state index is 6.11. The van der Waals surface area contributed by atoms with Crippen molar-refractivity contribution in [3.8, 4) is 0 Å². The summed E-state index contributed by atoms with van der Waals surface area (Å²) in [6.45, 7) is 4.28. The number of hydrogen-bond donors (Lipinski definition) is 0. The molecule has 2 aromatic rings. The minimum atomic E-state index is 0.801. The van der Waals surface area contributed by atoms with Crippen LogP contribution in [0.15, 0.2) is 48.5 Å². The van der Waals surface area contributed by atoms with Gasteiger partial charge in [-0.15, -0.1) is 0 Å². The first-order valence-electron chi connectivity index (χ1n) is 6.14. The second-order valence-corrected chi connectivity index (χ2v) is 4.97. The van der Waals surface area contributed by atoms with Crippen molar-refractivity contribution in [1.29, 1.82) is 0 Å². The molecule has 2 aromatic carbocycles. The Labute approximate surface area is 114 Å². The topological polar surface area (TPSA) is 0 Å². The van der Waals surface area contributed by atoms with E-state index in [1.807, 2.05) is 24.3 Å². The van der Waals surface area contributed by atoms with Crippen LogP contribution < -0.4 is 0 Å². The van der Waals surface area contributed by atoms with Gasteiger partial charge in [-0.1, -0.05) is 65.7 Å². The van der Waals surface area contributed by atoms with E-state index in [0.717, 1.165) is 17.0 Å². The van der Waals surface area contributed by atoms with E-state index in [4.69, 9.17) is 11.6 Å². The number of hydrogen-bond acceptors (Lipinski definition) is 0. The van der Waals surface area contributed by atoms with Gasteiger partial charge in [-0.2, -0.15) is 0 Å². The Hall–Kier alpha value is -1.53. The molecule has 0 atom stereocenters. The van der Waals surface area contributed by atoms with Crippen LogP contribution in [-0.4, -0.2) is 0 Å². The number of rotatable bonds is 3. The highest BCUT2D eigenvalue weighted by atomic mass is 35.5. The van der Waals surface area contributed by atoms with Gasteiger partial charge in [0.2, 0.25) is 0 Å². The Morgan fingerprint density at radius 1 is 1.06 bits per heavy atom. The van der Waals surface area contributed by atoms with E-state index in [0.29, 0.717) is 0 Å². The van der Waals surface area contributed by atoms with Crippen molar-refractivity contribution in [2.24, 2.45) is 0 Å². The molecule has 0 spiro atoms. The van der Waals surface area contributed by atoms with Gasteiger partial charge in [0.15, 0.2) is 0 Å². The van der Waals surface area contributed by atoms with E-state index < -0.39 is 0 Å². The summed E-state index contributed by atoms with van der Waals surface area (Å²) < 4.78 is 0. The average molecular weight is 257 g/mol. The van der Waals surface area contributed by atoms with Crippen LogP contribution in [0.5, 0.6) is 0 Å². The van der Waals surface area contributed by atoms with Crippen LogP contribution in [0.2, 0.25) is 5.02 Å². The highest BCUT2D eigenvalue weighted by Gasteiger charge is 1.97. The summed E-state index contributed by atoms with van der Waals surface area (Å²) in [5.74, 6) is 0. The van der Waals surface area contributed by atoms with Crippen LogP contribution in [0.3, 0.4) is 0 Å². The van der Waals surface area contributed by atoms with Gasteiger partial charge in [0, 0.05) is 5.02 Å².